The molecule has 100 valence electrons. The second-order valence-corrected chi connectivity index (χ2v) is 5.66. The van der Waals surface area contributed by atoms with Gasteiger partial charge in [0.1, 0.15) is 0 Å². The third kappa shape index (κ3) is 2.96. The van der Waals surface area contributed by atoms with E-state index in [0.717, 1.165) is 17.9 Å². The lowest BCUT2D eigenvalue weighted by atomic mass is 10.0. The predicted molar refractivity (Wildman–Crippen MR) is 73.5 cm³/mol. The van der Waals surface area contributed by atoms with Crippen LogP contribution < -0.4 is 14.8 Å². The van der Waals surface area contributed by atoms with Crippen LogP contribution in [-0.2, 0) is 6.42 Å². The van der Waals surface area contributed by atoms with E-state index in [2.05, 4.69) is 31.3 Å². The van der Waals surface area contributed by atoms with Crippen molar-refractivity contribution in [1.82, 2.24) is 5.32 Å². The minimum Gasteiger partial charge on any atom is -0.493 e. The maximum Gasteiger partial charge on any atom is 0.160 e. The molecule has 3 heteroatoms. The second kappa shape index (κ2) is 5.19. The van der Waals surface area contributed by atoms with E-state index >= 15 is 0 Å². The molecule has 3 nitrogen and oxygen atoms in total. The van der Waals surface area contributed by atoms with E-state index in [0.29, 0.717) is 6.04 Å². The van der Waals surface area contributed by atoms with Crippen molar-refractivity contribution in [3.8, 4) is 11.5 Å². The number of nitrogens with one attached hydrogen (secondary N) is 1. The van der Waals surface area contributed by atoms with Gasteiger partial charge in [-0.2, -0.15) is 0 Å². The Morgan fingerprint density at radius 3 is 2.50 bits per heavy atom. The molecule has 1 saturated heterocycles. The molecule has 0 amide bonds. The van der Waals surface area contributed by atoms with Crippen molar-refractivity contribution in [3.63, 3.8) is 0 Å². The third-order valence-corrected chi connectivity index (χ3v) is 3.64. The van der Waals surface area contributed by atoms with Crippen molar-refractivity contribution in [2.75, 3.05) is 14.2 Å². The van der Waals surface area contributed by atoms with Crippen LogP contribution in [0.4, 0.5) is 0 Å². The van der Waals surface area contributed by atoms with Gasteiger partial charge < -0.3 is 14.8 Å². The van der Waals surface area contributed by atoms with Gasteiger partial charge in [0, 0.05) is 11.6 Å². The van der Waals surface area contributed by atoms with Crippen LogP contribution in [0, 0.1) is 0 Å². The average molecular weight is 249 g/mol. The highest BCUT2D eigenvalue weighted by atomic mass is 16.5. The van der Waals surface area contributed by atoms with Gasteiger partial charge in [-0.05, 0) is 50.8 Å². The van der Waals surface area contributed by atoms with Gasteiger partial charge in [0.2, 0.25) is 0 Å². The zero-order valence-electron chi connectivity index (χ0n) is 11.7. The molecule has 0 aromatic heterocycles. The molecule has 1 fully saturated rings. The van der Waals surface area contributed by atoms with Crippen LogP contribution in [0.5, 0.6) is 11.5 Å². The van der Waals surface area contributed by atoms with Crippen molar-refractivity contribution in [2.45, 2.75) is 44.7 Å². The first-order valence-corrected chi connectivity index (χ1v) is 6.53. The fourth-order valence-corrected chi connectivity index (χ4v) is 2.68. The van der Waals surface area contributed by atoms with Crippen LogP contribution in [0.1, 0.15) is 32.3 Å². The molecule has 2 rings (SSSR count). The molecule has 1 N–H and O–H groups in total. The fraction of sp³-hybridized carbons (Fsp3) is 0.600. The third-order valence-electron chi connectivity index (χ3n) is 3.64. The number of benzene rings is 1. The van der Waals surface area contributed by atoms with Crippen LogP contribution in [0.25, 0.3) is 0 Å². The summed E-state index contributed by atoms with van der Waals surface area (Å²) in [5.74, 6) is 1.60. The largest absolute Gasteiger partial charge is 0.493 e. The van der Waals surface area contributed by atoms with Gasteiger partial charge in [-0.1, -0.05) is 6.07 Å². The molecule has 1 aromatic rings. The van der Waals surface area contributed by atoms with Gasteiger partial charge in [-0.25, -0.2) is 0 Å². The van der Waals surface area contributed by atoms with Crippen molar-refractivity contribution in [3.05, 3.63) is 23.8 Å². The van der Waals surface area contributed by atoms with E-state index in [1.165, 1.54) is 18.4 Å². The number of ether oxygens (including phenoxy) is 2. The minimum atomic E-state index is 0.279. The molecular formula is C15H23NO2. The molecular weight excluding hydrogens is 226 g/mol. The van der Waals surface area contributed by atoms with Crippen molar-refractivity contribution in [2.24, 2.45) is 0 Å². The highest BCUT2D eigenvalue weighted by Gasteiger charge is 2.29. The van der Waals surface area contributed by atoms with E-state index < -0.39 is 0 Å². The Morgan fingerprint density at radius 2 is 1.94 bits per heavy atom. The van der Waals surface area contributed by atoms with Crippen LogP contribution >= 0.6 is 0 Å². The molecule has 0 aliphatic carbocycles. The molecule has 0 saturated carbocycles. The van der Waals surface area contributed by atoms with Crippen LogP contribution in [0.3, 0.4) is 0 Å². The van der Waals surface area contributed by atoms with Gasteiger partial charge in [0.05, 0.1) is 14.2 Å². The number of rotatable bonds is 4. The number of methoxy groups -OCH3 is 2. The molecule has 0 spiro atoms. The topological polar surface area (TPSA) is 30.5 Å². The van der Waals surface area contributed by atoms with E-state index in [1.807, 2.05) is 6.07 Å². The van der Waals surface area contributed by atoms with Gasteiger partial charge in [-0.3, -0.25) is 0 Å². The van der Waals surface area contributed by atoms with Gasteiger partial charge in [0.25, 0.3) is 0 Å². The average Bonchev–Trinajstić information content (AvgIpc) is 2.68. The SMILES string of the molecule is COc1ccc(CC2CCC(C)(C)N2)cc1OC. The van der Waals surface area contributed by atoms with Crippen LogP contribution in [0.2, 0.25) is 0 Å². The Balaban J connectivity index is 2.06. The Kier molecular flexibility index (Phi) is 3.81. The summed E-state index contributed by atoms with van der Waals surface area (Å²) in [6.45, 7) is 4.53. The molecule has 1 unspecified atom stereocenters. The maximum absolute atomic E-state index is 5.34. The first kappa shape index (κ1) is 13.2. The molecule has 1 atom stereocenters. The number of hydrogen-bond donors (Lipinski definition) is 1. The molecule has 1 aliphatic heterocycles. The lowest BCUT2D eigenvalue weighted by Gasteiger charge is -2.20. The van der Waals surface area contributed by atoms with Gasteiger partial charge in [-0.15, -0.1) is 0 Å². The Labute approximate surface area is 109 Å². The van der Waals surface area contributed by atoms with Crippen LogP contribution in [-0.4, -0.2) is 25.8 Å². The zero-order valence-corrected chi connectivity index (χ0v) is 11.7. The minimum absolute atomic E-state index is 0.279. The summed E-state index contributed by atoms with van der Waals surface area (Å²) < 4.78 is 10.6. The summed E-state index contributed by atoms with van der Waals surface area (Å²) in [5.41, 5.74) is 1.57. The van der Waals surface area contributed by atoms with E-state index in [-0.39, 0.29) is 5.54 Å². The molecule has 1 heterocycles. The second-order valence-electron chi connectivity index (χ2n) is 5.66. The standard InChI is InChI=1S/C15H23NO2/c1-15(2)8-7-12(16-15)9-11-5-6-13(17-3)14(10-11)18-4/h5-6,10,12,16H,7-9H2,1-4H3. The fourth-order valence-electron chi connectivity index (χ4n) is 2.68. The van der Waals surface area contributed by atoms with Crippen molar-refractivity contribution in [1.29, 1.82) is 0 Å². The lowest BCUT2D eigenvalue weighted by Crippen LogP contribution is -2.38. The Morgan fingerprint density at radius 1 is 1.22 bits per heavy atom. The molecule has 1 aliphatic rings. The molecule has 18 heavy (non-hydrogen) atoms. The van der Waals surface area contributed by atoms with E-state index in [9.17, 15) is 0 Å². The highest BCUT2D eigenvalue weighted by Crippen LogP contribution is 2.30. The zero-order chi connectivity index (χ0) is 13.2. The van der Waals surface area contributed by atoms with E-state index in [1.54, 1.807) is 14.2 Å². The first-order chi connectivity index (χ1) is 8.54. The summed E-state index contributed by atoms with van der Waals surface area (Å²) in [6, 6.07) is 6.74. The molecule has 0 radical (unpaired) electrons. The highest BCUT2D eigenvalue weighted by molar-refractivity contribution is 5.43. The summed E-state index contributed by atoms with van der Waals surface area (Å²) in [5, 5.41) is 3.67. The summed E-state index contributed by atoms with van der Waals surface area (Å²) in [4.78, 5) is 0. The maximum atomic E-state index is 5.34. The first-order valence-electron chi connectivity index (χ1n) is 6.53. The number of hydrogen-bond acceptors (Lipinski definition) is 3. The van der Waals surface area contributed by atoms with Crippen molar-refractivity contribution >= 4 is 0 Å². The Bertz CT molecular complexity index is 415. The summed E-state index contributed by atoms with van der Waals surface area (Å²) in [6.07, 6.45) is 3.52. The predicted octanol–water partition coefficient (Wildman–Crippen LogP) is 2.78. The lowest BCUT2D eigenvalue weighted by molar-refractivity contribution is 0.354. The molecule has 0 bridgehead atoms. The van der Waals surface area contributed by atoms with E-state index in [4.69, 9.17) is 9.47 Å². The molecule has 1 aromatic carbocycles. The monoisotopic (exact) mass is 249 g/mol. The Hall–Kier alpha value is -1.22. The smallest absolute Gasteiger partial charge is 0.160 e. The summed E-state index contributed by atoms with van der Waals surface area (Å²) >= 11 is 0. The van der Waals surface area contributed by atoms with Crippen LogP contribution in [0.15, 0.2) is 18.2 Å². The summed E-state index contributed by atoms with van der Waals surface area (Å²) in [7, 11) is 3.34. The van der Waals surface area contributed by atoms with Crippen molar-refractivity contribution < 1.29 is 9.47 Å². The normalized spacial score (nSPS) is 21.9. The van der Waals surface area contributed by atoms with Gasteiger partial charge in [0.15, 0.2) is 11.5 Å². The quantitative estimate of drug-likeness (QED) is 0.890. The van der Waals surface area contributed by atoms with Gasteiger partial charge >= 0.3 is 0 Å².